The zero-order chi connectivity index (χ0) is 29.2. The van der Waals surface area contributed by atoms with Crippen LogP contribution in [0.5, 0.6) is 0 Å². The molecule has 0 unspecified atom stereocenters. The van der Waals surface area contributed by atoms with Crippen LogP contribution in [-0.2, 0) is 9.59 Å². The number of aromatic nitrogens is 2. The minimum Gasteiger partial charge on any atom is -0.309 e. The summed E-state index contributed by atoms with van der Waals surface area (Å²) in [6.45, 7) is 0. The van der Waals surface area contributed by atoms with E-state index >= 15 is 0 Å². The maximum absolute atomic E-state index is 13.6. The summed E-state index contributed by atoms with van der Waals surface area (Å²) in [6.07, 6.45) is 4.36. The Labute approximate surface area is 239 Å². The van der Waals surface area contributed by atoms with Crippen LogP contribution in [0.25, 0.3) is 34.3 Å². The molecule has 6 rings (SSSR count). The van der Waals surface area contributed by atoms with Crippen molar-refractivity contribution >= 4 is 35.3 Å². The van der Waals surface area contributed by atoms with E-state index in [0.717, 1.165) is 21.7 Å². The molecule has 2 aromatic heterocycles. The maximum Gasteiger partial charge on any atom is 0.335 e. The lowest BCUT2D eigenvalue weighted by Gasteiger charge is -2.26. The number of benzene rings is 3. The molecule has 0 saturated carbocycles. The number of nitrogens with zero attached hydrogens (tertiary/aromatic N) is 4. The summed E-state index contributed by atoms with van der Waals surface area (Å²) < 4.78 is 1.93. The molecule has 204 valence electrons. The smallest absolute Gasteiger partial charge is 0.309 e. The van der Waals surface area contributed by atoms with Crippen LogP contribution in [0.4, 0.5) is 16.2 Å². The summed E-state index contributed by atoms with van der Waals surface area (Å²) in [5.74, 6) is -1.60. The molecule has 10 heteroatoms. The van der Waals surface area contributed by atoms with Crippen molar-refractivity contribution in [2.75, 3.05) is 4.90 Å². The highest BCUT2D eigenvalue weighted by molar-refractivity contribution is 6.39. The fraction of sp³-hybridized carbons (Fsp3) is 0. The van der Waals surface area contributed by atoms with Crippen molar-refractivity contribution in [2.24, 2.45) is 0 Å². The maximum atomic E-state index is 13.6. The Morgan fingerprint density at radius 2 is 1.38 bits per heavy atom. The minimum atomic E-state index is -0.856. The van der Waals surface area contributed by atoms with Crippen LogP contribution in [0.15, 0.2) is 121 Å². The van der Waals surface area contributed by atoms with E-state index in [4.69, 9.17) is 0 Å². The first-order chi connectivity index (χ1) is 20.4. The normalized spacial score (nSPS) is 14.2. The lowest BCUT2D eigenvalue weighted by molar-refractivity contribution is -0.384. The predicted molar refractivity (Wildman–Crippen MR) is 157 cm³/mol. The Morgan fingerprint density at radius 1 is 0.762 bits per heavy atom. The van der Waals surface area contributed by atoms with Crippen LogP contribution in [0, 0.1) is 10.1 Å². The van der Waals surface area contributed by atoms with Crippen molar-refractivity contribution < 1.29 is 19.3 Å². The zero-order valence-electron chi connectivity index (χ0n) is 21.9. The zero-order valence-corrected chi connectivity index (χ0v) is 21.9. The Morgan fingerprint density at radius 3 is 2.00 bits per heavy atom. The number of urea groups is 1. The number of carbonyl (C=O) groups excluding carboxylic acids is 3. The number of hydrogen-bond acceptors (Lipinski definition) is 6. The summed E-state index contributed by atoms with van der Waals surface area (Å²) in [4.78, 5) is 55.1. The van der Waals surface area contributed by atoms with E-state index in [9.17, 15) is 24.5 Å². The fourth-order valence-corrected chi connectivity index (χ4v) is 4.89. The van der Waals surface area contributed by atoms with Crippen LogP contribution in [0.3, 0.4) is 0 Å². The van der Waals surface area contributed by atoms with E-state index in [0.29, 0.717) is 16.9 Å². The van der Waals surface area contributed by atoms with E-state index in [2.05, 4.69) is 10.3 Å². The van der Waals surface area contributed by atoms with Gasteiger partial charge in [-0.3, -0.25) is 30.0 Å². The third kappa shape index (κ3) is 4.73. The van der Waals surface area contributed by atoms with Gasteiger partial charge in [0.05, 0.1) is 22.0 Å². The fourth-order valence-electron chi connectivity index (χ4n) is 4.89. The molecule has 42 heavy (non-hydrogen) atoms. The number of anilines is 1. The third-order valence-electron chi connectivity index (χ3n) is 6.79. The van der Waals surface area contributed by atoms with Gasteiger partial charge in [-0.05, 0) is 47.5 Å². The molecule has 1 saturated heterocycles. The topological polar surface area (TPSA) is 127 Å². The number of nitro benzene ring substituents is 1. The first-order valence-corrected chi connectivity index (χ1v) is 12.9. The number of nitro groups is 1. The van der Waals surface area contributed by atoms with Gasteiger partial charge in [0.25, 0.3) is 17.5 Å². The number of barbiturate groups is 1. The van der Waals surface area contributed by atoms with Gasteiger partial charge in [0.15, 0.2) is 0 Å². The molecule has 0 atom stereocenters. The van der Waals surface area contributed by atoms with Crippen molar-refractivity contribution in [2.45, 2.75) is 0 Å². The summed E-state index contributed by atoms with van der Waals surface area (Å²) in [5.41, 5.74) is 4.12. The quantitative estimate of drug-likeness (QED) is 0.122. The minimum absolute atomic E-state index is 0.0545. The summed E-state index contributed by atoms with van der Waals surface area (Å²) in [7, 11) is 0. The van der Waals surface area contributed by atoms with Gasteiger partial charge in [-0.1, -0.05) is 60.7 Å². The van der Waals surface area contributed by atoms with Crippen LogP contribution in [-0.4, -0.2) is 32.3 Å². The molecule has 1 aliphatic rings. The number of non-ortho nitro benzene ring substituents is 1. The molecule has 0 bridgehead atoms. The van der Waals surface area contributed by atoms with Crippen LogP contribution in [0.1, 0.15) is 5.56 Å². The van der Waals surface area contributed by atoms with E-state index in [-0.39, 0.29) is 16.9 Å². The monoisotopic (exact) mass is 555 g/mol. The largest absolute Gasteiger partial charge is 0.335 e. The van der Waals surface area contributed by atoms with Gasteiger partial charge in [0.1, 0.15) is 5.57 Å². The van der Waals surface area contributed by atoms with Gasteiger partial charge in [0.2, 0.25) is 0 Å². The SMILES string of the molecule is O=C1NC(=O)N(c2ccncc2)C(=O)/C1=C\c1cc(-c2ccccc2)n(-c2ccc([N+](=O)[O-])cc2)c1-c1ccccc1. The number of imide groups is 2. The molecule has 0 radical (unpaired) electrons. The van der Waals surface area contributed by atoms with Gasteiger partial charge in [-0.25, -0.2) is 9.69 Å². The molecule has 10 nitrogen and oxygen atoms in total. The van der Waals surface area contributed by atoms with Crippen molar-refractivity contribution in [1.29, 1.82) is 0 Å². The van der Waals surface area contributed by atoms with Gasteiger partial charge in [-0.2, -0.15) is 0 Å². The van der Waals surface area contributed by atoms with E-state index in [1.54, 1.807) is 12.1 Å². The average Bonchev–Trinajstić information content (AvgIpc) is 3.40. The van der Waals surface area contributed by atoms with Gasteiger partial charge < -0.3 is 4.57 Å². The number of rotatable bonds is 6. The lowest BCUT2D eigenvalue weighted by Crippen LogP contribution is -2.54. The van der Waals surface area contributed by atoms with Gasteiger partial charge in [-0.15, -0.1) is 0 Å². The molecule has 3 heterocycles. The molecular formula is C32H21N5O5. The van der Waals surface area contributed by atoms with Crippen molar-refractivity contribution in [1.82, 2.24) is 14.9 Å². The standard InChI is InChI=1S/C32H21N5O5/c38-30-27(31(39)36(32(40)34-30)25-15-17-33-18-16-25)19-23-20-28(21-7-3-1-4-8-21)35(29(23)22-9-5-2-6-10-22)24-11-13-26(14-12-24)37(41)42/h1-20H,(H,34,38,40)/b27-19-. The molecule has 0 aliphatic carbocycles. The second kappa shape index (κ2) is 10.8. The van der Waals surface area contributed by atoms with Crippen LogP contribution < -0.4 is 10.2 Å². The van der Waals surface area contributed by atoms with Crippen LogP contribution in [0.2, 0.25) is 0 Å². The number of hydrogen-bond donors (Lipinski definition) is 1. The molecule has 0 spiro atoms. The number of carbonyl (C=O) groups is 3. The van der Waals surface area contributed by atoms with Gasteiger partial charge >= 0.3 is 6.03 Å². The van der Waals surface area contributed by atoms with Crippen molar-refractivity contribution in [3.63, 3.8) is 0 Å². The number of amides is 4. The molecule has 4 amide bonds. The Hall–Kier alpha value is -6.16. The molecule has 1 N–H and O–H groups in total. The Balaban J connectivity index is 1.60. The highest BCUT2D eigenvalue weighted by Crippen LogP contribution is 2.38. The summed E-state index contributed by atoms with van der Waals surface area (Å²) in [5, 5.41) is 13.6. The molecule has 1 aliphatic heterocycles. The van der Waals surface area contributed by atoms with Crippen molar-refractivity contribution in [3.8, 4) is 28.2 Å². The highest BCUT2D eigenvalue weighted by Gasteiger charge is 2.37. The first kappa shape index (κ1) is 26.1. The first-order valence-electron chi connectivity index (χ1n) is 12.9. The summed E-state index contributed by atoms with van der Waals surface area (Å²) >= 11 is 0. The molecule has 1 fully saturated rings. The second-order valence-electron chi connectivity index (χ2n) is 9.34. The Kier molecular flexibility index (Phi) is 6.69. The third-order valence-corrected chi connectivity index (χ3v) is 6.79. The number of nitrogens with one attached hydrogen (secondary N) is 1. The van der Waals surface area contributed by atoms with Gasteiger partial charge in [0, 0.05) is 35.8 Å². The highest BCUT2D eigenvalue weighted by atomic mass is 16.6. The van der Waals surface area contributed by atoms with E-state index in [1.807, 2.05) is 71.3 Å². The second-order valence-corrected chi connectivity index (χ2v) is 9.34. The molecule has 3 aromatic carbocycles. The lowest BCUT2D eigenvalue weighted by atomic mass is 10.0. The number of pyridine rings is 1. The van der Waals surface area contributed by atoms with E-state index < -0.39 is 22.8 Å². The van der Waals surface area contributed by atoms with E-state index in [1.165, 1.54) is 42.7 Å². The predicted octanol–water partition coefficient (Wildman–Crippen LogP) is 5.78. The van der Waals surface area contributed by atoms with Crippen LogP contribution >= 0.6 is 0 Å². The average molecular weight is 556 g/mol. The molecule has 5 aromatic rings. The molecular weight excluding hydrogens is 534 g/mol. The summed E-state index contributed by atoms with van der Waals surface area (Å²) in [6, 6.07) is 29.0. The van der Waals surface area contributed by atoms with Crippen molar-refractivity contribution in [3.05, 3.63) is 137 Å². The Bertz CT molecular complexity index is 1870.